The highest BCUT2D eigenvalue weighted by Crippen LogP contribution is 2.38. The van der Waals surface area contributed by atoms with E-state index in [4.69, 9.17) is 23.2 Å². The molecular formula is C23H22Cl2N4O. The number of aromatic nitrogens is 2. The Morgan fingerprint density at radius 2 is 1.87 bits per heavy atom. The quantitative estimate of drug-likeness (QED) is 0.546. The van der Waals surface area contributed by atoms with E-state index >= 15 is 0 Å². The lowest BCUT2D eigenvalue weighted by atomic mass is 9.87. The third kappa shape index (κ3) is 4.00. The summed E-state index contributed by atoms with van der Waals surface area (Å²) in [5.41, 5.74) is 2.83. The van der Waals surface area contributed by atoms with E-state index in [1.165, 1.54) is 5.56 Å². The SMILES string of the molecule is CC1=Nc2ccnn2C(c2ccc(Cl)c(Cl)c2)C1C(=O)N(C)CCc1ccccc1. The highest BCUT2D eigenvalue weighted by atomic mass is 35.5. The van der Waals surface area contributed by atoms with Gasteiger partial charge in [-0.15, -0.1) is 0 Å². The molecule has 7 heteroatoms. The molecule has 0 saturated heterocycles. The van der Waals surface area contributed by atoms with E-state index in [0.29, 0.717) is 16.6 Å². The van der Waals surface area contributed by atoms with Gasteiger partial charge in [0.2, 0.25) is 5.91 Å². The summed E-state index contributed by atoms with van der Waals surface area (Å²) in [4.78, 5) is 20.0. The lowest BCUT2D eigenvalue weighted by Crippen LogP contribution is -2.43. The molecule has 0 saturated carbocycles. The molecule has 4 rings (SSSR count). The number of likely N-dealkylation sites (N-methyl/N-ethyl adjacent to an activating group) is 1. The summed E-state index contributed by atoms with van der Waals surface area (Å²) in [5, 5.41) is 5.38. The third-order valence-corrected chi connectivity index (χ3v) is 6.21. The number of rotatable bonds is 5. The Morgan fingerprint density at radius 3 is 2.60 bits per heavy atom. The fraction of sp³-hybridized carbons (Fsp3) is 0.261. The number of carbonyl (C=O) groups excluding carboxylic acids is 1. The number of hydrogen-bond donors (Lipinski definition) is 0. The summed E-state index contributed by atoms with van der Waals surface area (Å²) >= 11 is 12.4. The van der Waals surface area contributed by atoms with Gasteiger partial charge in [-0.3, -0.25) is 4.79 Å². The monoisotopic (exact) mass is 440 g/mol. The maximum atomic E-state index is 13.5. The normalized spacial score (nSPS) is 17.9. The second-order valence-corrected chi connectivity index (χ2v) is 8.29. The van der Waals surface area contributed by atoms with E-state index in [1.807, 2.05) is 50.4 Å². The molecule has 3 aromatic rings. The number of aliphatic imine (C=N–C) groups is 1. The number of carbonyl (C=O) groups is 1. The van der Waals surface area contributed by atoms with Gasteiger partial charge >= 0.3 is 0 Å². The molecule has 0 radical (unpaired) electrons. The van der Waals surface area contributed by atoms with Gasteiger partial charge in [0.25, 0.3) is 0 Å². The number of benzene rings is 2. The van der Waals surface area contributed by atoms with Crippen LogP contribution >= 0.6 is 23.2 Å². The van der Waals surface area contributed by atoms with Crippen molar-refractivity contribution < 1.29 is 4.79 Å². The molecule has 5 nitrogen and oxygen atoms in total. The summed E-state index contributed by atoms with van der Waals surface area (Å²) in [6.07, 6.45) is 2.49. The van der Waals surface area contributed by atoms with Gasteiger partial charge in [-0.2, -0.15) is 5.10 Å². The molecule has 0 fully saturated rings. The third-order valence-electron chi connectivity index (χ3n) is 5.48. The molecule has 1 aliphatic heterocycles. The first kappa shape index (κ1) is 20.6. The van der Waals surface area contributed by atoms with Crippen molar-refractivity contribution in [3.05, 3.63) is 82.0 Å². The van der Waals surface area contributed by atoms with E-state index in [9.17, 15) is 4.79 Å². The minimum atomic E-state index is -0.476. The van der Waals surface area contributed by atoms with Crippen molar-refractivity contribution in [1.29, 1.82) is 0 Å². The first-order valence-electron chi connectivity index (χ1n) is 9.78. The van der Waals surface area contributed by atoms with Crippen LogP contribution in [0, 0.1) is 5.92 Å². The number of halogens is 2. The van der Waals surface area contributed by atoms with Crippen molar-refractivity contribution in [2.24, 2.45) is 10.9 Å². The zero-order valence-corrected chi connectivity index (χ0v) is 18.3. The van der Waals surface area contributed by atoms with Crippen LogP contribution in [0.15, 0.2) is 65.8 Å². The van der Waals surface area contributed by atoms with Crippen molar-refractivity contribution in [1.82, 2.24) is 14.7 Å². The van der Waals surface area contributed by atoms with Gasteiger partial charge < -0.3 is 4.90 Å². The van der Waals surface area contributed by atoms with Gasteiger partial charge in [0.05, 0.1) is 22.3 Å². The maximum absolute atomic E-state index is 13.5. The second kappa shape index (κ2) is 8.62. The highest BCUT2D eigenvalue weighted by molar-refractivity contribution is 6.42. The number of fused-ring (bicyclic) bond motifs is 1. The van der Waals surface area contributed by atoms with Crippen LogP contribution in [0.5, 0.6) is 0 Å². The standard InChI is InChI=1S/C23H22Cl2N4O/c1-15-21(23(30)28(2)13-11-16-6-4-3-5-7-16)22(29-20(27-15)10-12-26-29)17-8-9-18(24)19(25)14-17/h3-10,12,14,21-22H,11,13H2,1-2H3. The highest BCUT2D eigenvalue weighted by Gasteiger charge is 2.39. The molecule has 154 valence electrons. The number of hydrogen-bond acceptors (Lipinski definition) is 3. The number of nitrogens with zero attached hydrogens (tertiary/aromatic N) is 4. The molecule has 0 aliphatic carbocycles. The van der Waals surface area contributed by atoms with Gasteiger partial charge in [0.15, 0.2) is 5.82 Å². The molecule has 2 unspecified atom stereocenters. The zero-order valence-electron chi connectivity index (χ0n) is 16.8. The molecule has 1 aromatic heterocycles. The molecule has 0 spiro atoms. The van der Waals surface area contributed by atoms with Crippen molar-refractivity contribution >= 4 is 40.6 Å². The van der Waals surface area contributed by atoms with E-state index < -0.39 is 5.92 Å². The average molecular weight is 441 g/mol. The molecular weight excluding hydrogens is 419 g/mol. The van der Waals surface area contributed by atoms with Crippen LogP contribution in [0.4, 0.5) is 5.82 Å². The van der Waals surface area contributed by atoms with Crippen LogP contribution in [0.1, 0.15) is 24.1 Å². The maximum Gasteiger partial charge on any atom is 0.233 e. The Morgan fingerprint density at radius 1 is 1.10 bits per heavy atom. The van der Waals surface area contributed by atoms with E-state index in [1.54, 1.807) is 21.8 Å². The van der Waals surface area contributed by atoms with E-state index in [2.05, 4.69) is 22.2 Å². The minimum absolute atomic E-state index is 0.00408. The summed E-state index contributed by atoms with van der Waals surface area (Å²) in [6, 6.07) is 17.1. The van der Waals surface area contributed by atoms with Gasteiger partial charge in [-0.25, -0.2) is 9.67 Å². The fourth-order valence-corrected chi connectivity index (χ4v) is 4.17. The van der Waals surface area contributed by atoms with Crippen LogP contribution in [0.2, 0.25) is 10.0 Å². The smallest absolute Gasteiger partial charge is 0.233 e. The van der Waals surface area contributed by atoms with Crippen molar-refractivity contribution in [2.75, 3.05) is 13.6 Å². The first-order chi connectivity index (χ1) is 14.5. The zero-order chi connectivity index (χ0) is 21.3. The van der Waals surface area contributed by atoms with E-state index in [0.717, 1.165) is 23.5 Å². The summed E-state index contributed by atoms with van der Waals surface area (Å²) in [5.74, 6) is 0.249. The molecule has 2 heterocycles. The van der Waals surface area contributed by atoms with Gasteiger partial charge in [0, 0.05) is 25.4 Å². The van der Waals surface area contributed by atoms with Crippen molar-refractivity contribution in [3.63, 3.8) is 0 Å². The summed E-state index contributed by atoms with van der Waals surface area (Å²) in [7, 11) is 1.84. The Hall–Kier alpha value is -2.63. The van der Waals surface area contributed by atoms with Crippen LogP contribution in [-0.4, -0.2) is 39.9 Å². The van der Waals surface area contributed by atoms with Gasteiger partial charge in [-0.05, 0) is 36.6 Å². The molecule has 2 atom stereocenters. The summed E-state index contributed by atoms with van der Waals surface area (Å²) in [6.45, 7) is 2.52. The van der Waals surface area contributed by atoms with Crippen LogP contribution in [-0.2, 0) is 11.2 Å². The Bertz CT molecular complexity index is 1090. The van der Waals surface area contributed by atoms with Crippen molar-refractivity contribution in [3.8, 4) is 0 Å². The molecule has 0 N–H and O–H groups in total. The number of amides is 1. The van der Waals surface area contributed by atoms with Gasteiger partial charge in [-0.1, -0.05) is 59.6 Å². The lowest BCUT2D eigenvalue weighted by Gasteiger charge is -2.33. The first-order valence-corrected chi connectivity index (χ1v) is 10.5. The largest absolute Gasteiger partial charge is 0.345 e. The molecule has 30 heavy (non-hydrogen) atoms. The second-order valence-electron chi connectivity index (χ2n) is 7.48. The average Bonchev–Trinajstić information content (AvgIpc) is 3.21. The lowest BCUT2D eigenvalue weighted by molar-refractivity contribution is -0.133. The Balaban J connectivity index is 1.65. The Labute approximate surface area is 185 Å². The minimum Gasteiger partial charge on any atom is -0.345 e. The molecule has 0 bridgehead atoms. The van der Waals surface area contributed by atoms with E-state index in [-0.39, 0.29) is 11.9 Å². The molecule has 2 aromatic carbocycles. The molecule has 1 aliphatic rings. The van der Waals surface area contributed by atoms with Crippen molar-refractivity contribution in [2.45, 2.75) is 19.4 Å². The van der Waals surface area contributed by atoms with Crippen LogP contribution in [0.3, 0.4) is 0 Å². The topological polar surface area (TPSA) is 50.5 Å². The van der Waals surface area contributed by atoms with Crippen LogP contribution < -0.4 is 0 Å². The Kier molecular flexibility index (Phi) is 5.93. The van der Waals surface area contributed by atoms with Crippen LogP contribution in [0.25, 0.3) is 0 Å². The molecule has 1 amide bonds. The van der Waals surface area contributed by atoms with Gasteiger partial charge in [0.1, 0.15) is 5.92 Å². The predicted molar refractivity (Wildman–Crippen MR) is 121 cm³/mol. The summed E-state index contributed by atoms with van der Waals surface area (Å²) < 4.78 is 1.79. The fourth-order valence-electron chi connectivity index (χ4n) is 3.86. The predicted octanol–water partition coefficient (Wildman–Crippen LogP) is 5.20.